The quantitative estimate of drug-likeness (QED) is 0.0821. The smallest absolute Gasteiger partial charge is 0.168 e. The molecular formula is C32H49N5O3Si2. The highest BCUT2D eigenvalue weighted by molar-refractivity contribution is 6.76. The van der Waals surface area contributed by atoms with Gasteiger partial charge in [-0.1, -0.05) is 58.2 Å². The van der Waals surface area contributed by atoms with Gasteiger partial charge in [0.1, 0.15) is 25.0 Å². The van der Waals surface area contributed by atoms with Crippen LogP contribution in [0.25, 0.3) is 16.8 Å². The van der Waals surface area contributed by atoms with Crippen LogP contribution >= 0.6 is 0 Å². The highest BCUT2D eigenvalue weighted by Crippen LogP contribution is 2.48. The van der Waals surface area contributed by atoms with Crippen molar-refractivity contribution >= 4 is 33.9 Å². The van der Waals surface area contributed by atoms with E-state index in [0.29, 0.717) is 25.1 Å². The van der Waals surface area contributed by atoms with Crippen LogP contribution in [-0.4, -0.2) is 68.7 Å². The van der Waals surface area contributed by atoms with Gasteiger partial charge >= 0.3 is 0 Å². The van der Waals surface area contributed by atoms with E-state index in [9.17, 15) is 4.79 Å². The molecule has 0 saturated heterocycles. The average Bonchev–Trinajstić information content (AvgIpc) is 3.52. The molecule has 0 N–H and O–H groups in total. The minimum atomic E-state index is -1.21. The number of nitrogens with zero attached hydrogens (tertiary/aromatic N) is 5. The molecule has 3 atom stereocenters. The molecule has 1 unspecified atom stereocenters. The maximum Gasteiger partial charge on any atom is 0.168 e. The summed E-state index contributed by atoms with van der Waals surface area (Å²) in [6.45, 7) is 16.7. The van der Waals surface area contributed by atoms with Crippen molar-refractivity contribution < 1.29 is 14.3 Å². The van der Waals surface area contributed by atoms with Crippen LogP contribution in [0.3, 0.4) is 0 Å². The average molecular weight is 608 g/mol. The van der Waals surface area contributed by atoms with Gasteiger partial charge in [-0.3, -0.25) is 9.78 Å². The second-order valence-corrected chi connectivity index (χ2v) is 26.1. The predicted molar refractivity (Wildman–Crippen MR) is 175 cm³/mol. The molecule has 228 valence electrons. The van der Waals surface area contributed by atoms with Crippen LogP contribution in [0.5, 0.6) is 0 Å². The zero-order valence-corrected chi connectivity index (χ0v) is 28.4. The molecule has 0 spiro atoms. The molecule has 8 nitrogen and oxygen atoms in total. The van der Waals surface area contributed by atoms with Gasteiger partial charge in [0.2, 0.25) is 0 Å². The first-order valence-corrected chi connectivity index (χ1v) is 23.1. The summed E-state index contributed by atoms with van der Waals surface area (Å²) in [6.07, 6.45) is 10.9. The Kier molecular flexibility index (Phi) is 9.66. The van der Waals surface area contributed by atoms with Gasteiger partial charge in [-0.2, -0.15) is 9.61 Å². The number of carbonyl (C=O) groups is 1. The molecule has 3 aromatic rings. The number of aldehydes is 1. The van der Waals surface area contributed by atoms with Crippen molar-refractivity contribution in [1.29, 1.82) is 0 Å². The Balaban J connectivity index is 1.51. The number of carbonyl (C=O) groups excluding carboxylic acids is 1. The summed E-state index contributed by atoms with van der Waals surface area (Å²) >= 11 is 0. The van der Waals surface area contributed by atoms with Gasteiger partial charge in [0.15, 0.2) is 11.9 Å². The van der Waals surface area contributed by atoms with E-state index in [0.717, 1.165) is 71.7 Å². The van der Waals surface area contributed by atoms with E-state index in [-0.39, 0.29) is 0 Å². The van der Waals surface area contributed by atoms with Crippen molar-refractivity contribution in [3.63, 3.8) is 0 Å². The van der Waals surface area contributed by atoms with Gasteiger partial charge in [0.05, 0.1) is 6.20 Å². The fourth-order valence-electron chi connectivity index (χ4n) is 6.26. The Labute approximate surface area is 253 Å². The maximum absolute atomic E-state index is 11.2. The molecule has 0 aromatic carbocycles. The summed E-state index contributed by atoms with van der Waals surface area (Å²) in [5.41, 5.74) is 4.19. The van der Waals surface area contributed by atoms with Crippen LogP contribution in [0.2, 0.25) is 51.4 Å². The van der Waals surface area contributed by atoms with Crippen molar-refractivity contribution in [3.05, 3.63) is 42.0 Å². The van der Waals surface area contributed by atoms with Crippen molar-refractivity contribution in [2.75, 3.05) is 31.6 Å². The molecule has 5 rings (SSSR count). The fourth-order valence-corrected chi connectivity index (χ4v) is 7.78. The Bertz CT molecular complexity index is 1320. The summed E-state index contributed by atoms with van der Waals surface area (Å²) in [5, 5.41) is 4.84. The minimum absolute atomic E-state index is 0.416. The van der Waals surface area contributed by atoms with Crippen LogP contribution in [0.15, 0.2) is 30.6 Å². The molecule has 10 heteroatoms. The zero-order chi connectivity index (χ0) is 29.9. The van der Waals surface area contributed by atoms with E-state index >= 15 is 0 Å². The third-order valence-electron chi connectivity index (χ3n) is 8.81. The lowest BCUT2D eigenvalue weighted by atomic mass is 9.79. The number of hydrogen-bond acceptors (Lipinski definition) is 7. The first-order chi connectivity index (χ1) is 20.0. The second-order valence-electron chi connectivity index (χ2n) is 14.9. The van der Waals surface area contributed by atoms with Crippen molar-refractivity contribution in [2.24, 2.45) is 11.8 Å². The molecule has 0 amide bonds. The van der Waals surface area contributed by atoms with E-state index < -0.39 is 16.1 Å². The Hall–Kier alpha value is -2.41. The van der Waals surface area contributed by atoms with E-state index in [1.165, 1.54) is 32.1 Å². The molecule has 2 fully saturated rings. The van der Waals surface area contributed by atoms with E-state index in [1.54, 1.807) is 12.3 Å². The molecule has 0 aliphatic heterocycles. The van der Waals surface area contributed by atoms with Crippen molar-refractivity contribution in [1.82, 2.24) is 19.6 Å². The highest BCUT2D eigenvalue weighted by atomic mass is 28.3. The third kappa shape index (κ3) is 7.95. The summed E-state index contributed by atoms with van der Waals surface area (Å²) < 4.78 is 14.5. The molecule has 3 heterocycles. The number of hydrogen-bond donors (Lipinski definition) is 0. The van der Waals surface area contributed by atoms with Gasteiger partial charge < -0.3 is 14.4 Å². The van der Waals surface area contributed by atoms with E-state index in [1.807, 2.05) is 16.8 Å². The van der Waals surface area contributed by atoms with E-state index in [2.05, 4.69) is 55.2 Å². The topological polar surface area (TPSA) is 81.9 Å². The number of aromatic nitrogens is 4. The van der Waals surface area contributed by atoms with Crippen LogP contribution in [0.4, 0.5) is 5.82 Å². The number of pyridine rings is 1. The highest BCUT2D eigenvalue weighted by Gasteiger charge is 2.36. The predicted octanol–water partition coefficient (Wildman–Crippen LogP) is 7.33. The number of anilines is 1. The summed E-state index contributed by atoms with van der Waals surface area (Å²) in [7, 11) is -2.42. The lowest BCUT2D eigenvalue weighted by Crippen LogP contribution is -2.33. The molecule has 42 heavy (non-hydrogen) atoms. The Morgan fingerprint density at radius 1 is 0.929 bits per heavy atom. The molecule has 2 aliphatic rings. The number of fused-ring (bicyclic) bond motifs is 3. The zero-order valence-electron chi connectivity index (χ0n) is 26.4. The van der Waals surface area contributed by atoms with Crippen LogP contribution in [-0.2, 0) is 9.47 Å². The molecule has 0 radical (unpaired) electrons. The van der Waals surface area contributed by atoms with Crippen molar-refractivity contribution in [3.8, 4) is 11.1 Å². The molecular weight excluding hydrogens is 559 g/mol. The Morgan fingerprint density at radius 2 is 1.57 bits per heavy atom. The first-order valence-electron chi connectivity index (χ1n) is 15.7. The van der Waals surface area contributed by atoms with Gasteiger partial charge in [0, 0.05) is 64.4 Å². The van der Waals surface area contributed by atoms with Gasteiger partial charge in [0.25, 0.3) is 0 Å². The van der Waals surface area contributed by atoms with Gasteiger partial charge in [-0.15, -0.1) is 0 Å². The number of rotatable bonds is 14. The fraction of sp³-hybridized carbons (Fsp3) is 0.625. The van der Waals surface area contributed by atoms with Gasteiger partial charge in [-0.25, -0.2) is 4.98 Å². The molecule has 2 aliphatic carbocycles. The summed E-state index contributed by atoms with van der Waals surface area (Å²) in [4.78, 5) is 23.0. The normalized spacial score (nSPS) is 20.8. The monoisotopic (exact) mass is 607 g/mol. The van der Waals surface area contributed by atoms with Crippen LogP contribution < -0.4 is 4.90 Å². The van der Waals surface area contributed by atoms with Gasteiger partial charge in [-0.05, 0) is 49.3 Å². The Morgan fingerprint density at radius 3 is 2.12 bits per heavy atom. The van der Waals surface area contributed by atoms with Crippen LogP contribution in [0, 0.1) is 11.8 Å². The second kappa shape index (κ2) is 13.1. The molecule has 2 bridgehead atoms. The van der Waals surface area contributed by atoms with E-state index in [4.69, 9.17) is 19.6 Å². The summed E-state index contributed by atoms with van der Waals surface area (Å²) in [6, 6.07) is 8.17. The van der Waals surface area contributed by atoms with Crippen molar-refractivity contribution in [2.45, 2.75) is 89.4 Å². The molecule has 3 aromatic heterocycles. The minimum Gasteiger partial charge on any atom is -0.361 e. The standard InChI is InChI=1S/C32H49N5O3Si2/c1-41(2,3)13-11-39-22-36(23-40-12-14-42(4,5)6)31-18-30(27-16-24-7-8-25(15-24)17-27)35-32-29(20-34-37(31)32)26-9-10-28(21-38)33-19-26/h9-10,18-21,24-25,27H,7-8,11-17,22-23H2,1-6H3/t24-,25+,27?. The lowest BCUT2D eigenvalue weighted by molar-refractivity contribution is 0.0942. The maximum atomic E-state index is 11.2. The SMILES string of the molecule is C[Si](C)(C)CCOCN(COCC[Si](C)(C)C)c1cc(C2C[C@H]3CC[C@@H](C2)C3)nc2c(-c3ccc(C=O)nc3)cnn12. The first kappa shape index (κ1) is 31.0. The van der Waals surface area contributed by atoms with Crippen LogP contribution in [0.1, 0.15) is 54.2 Å². The largest absolute Gasteiger partial charge is 0.361 e. The third-order valence-corrected chi connectivity index (χ3v) is 12.2. The summed E-state index contributed by atoms with van der Waals surface area (Å²) in [5.74, 6) is 3.02. The molecule has 2 saturated carbocycles. The number of ether oxygens (including phenoxy) is 2. The lowest BCUT2D eigenvalue weighted by Gasteiger charge is -2.30.